The summed E-state index contributed by atoms with van der Waals surface area (Å²) in [5.74, 6) is 0.636. The Hall–Kier alpha value is -0.910. The van der Waals surface area contributed by atoms with Crippen LogP contribution in [0.1, 0.15) is 0 Å². The van der Waals surface area contributed by atoms with Gasteiger partial charge in [0.2, 0.25) is 5.28 Å². The molecule has 1 heterocycles. The van der Waals surface area contributed by atoms with Gasteiger partial charge in [-0.3, -0.25) is 0 Å². The number of nitrogens with zero attached hydrogens (tertiary/aromatic N) is 2. The normalized spacial score (nSPS) is 10.7. The Balaban J connectivity index is 2.54. The molecule has 2 rings (SSSR count). The van der Waals surface area contributed by atoms with Gasteiger partial charge in [0.1, 0.15) is 5.82 Å². The number of benzene rings is 1. The Labute approximate surface area is 106 Å². The van der Waals surface area contributed by atoms with Crippen molar-refractivity contribution >= 4 is 44.3 Å². The van der Waals surface area contributed by atoms with E-state index in [-0.39, 0.29) is 11.9 Å². The first kappa shape index (κ1) is 11.6. The van der Waals surface area contributed by atoms with Crippen LogP contribution in [-0.4, -0.2) is 28.2 Å². The van der Waals surface area contributed by atoms with E-state index >= 15 is 0 Å². The zero-order valence-electron chi connectivity index (χ0n) is 8.24. The molecule has 2 N–H and O–H groups in total. The lowest BCUT2D eigenvalue weighted by molar-refractivity contribution is 0.311. The molecule has 0 unspecified atom stereocenters. The molecular formula is C10H9BrClN3O. The number of hydrogen-bond donors (Lipinski definition) is 2. The standard InChI is InChI=1S/C10H9BrClN3O/c11-6-1-2-7-8(5-6)14-10(12)15-9(7)13-3-4-16/h1-2,5,16H,3-4H2,(H,13,14,15). The first-order chi connectivity index (χ1) is 7.70. The Bertz CT molecular complexity index is 515. The van der Waals surface area contributed by atoms with Crippen LogP contribution in [0.4, 0.5) is 5.82 Å². The van der Waals surface area contributed by atoms with E-state index in [2.05, 4.69) is 31.2 Å². The Morgan fingerprint density at radius 2 is 2.19 bits per heavy atom. The summed E-state index contributed by atoms with van der Waals surface area (Å²) in [4.78, 5) is 8.21. The molecule has 0 saturated carbocycles. The number of halogens is 2. The van der Waals surface area contributed by atoms with Gasteiger partial charge in [0.15, 0.2) is 0 Å². The molecule has 84 valence electrons. The average molecular weight is 303 g/mol. The summed E-state index contributed by atoms with van der Waals surface area (Å²) >= 11 is 9.19. The first-order valence-electron chi connectivity index (χ1n) is 4.68. The molecule has 0 saturated heterocycles. The molecule has 6 heteroatoms. The van der Waals surface area contributed by atoms with Crippen molar-refractivity contribution in [2.24, 2.45) is 0 Å². The molecule has 0 atom stereocenters. The van der Waals surface area contributed by atoms with Crippen LogP contribution in [-0.2, 0) is 0 Å². The fraction of sp³-hybridized carbons (Fsp3) is 0.200. The molecule has 0 aliphatic rings. The molecule has 0 spiro atoms. The van der Waals surface area contributed by atoms with Crippen molar-refractivity contribution in [2.45, 2.75) is 0 Å². The van der Waals surface area contributed by atoms with Crippen molar-refractivity contribution in [3.63, 3.8) is 0 Å². The van der Waals surface area contributed by atoms with Gasteiger partial charge in [-0.05, 0) is 29.8 Å². The number of aromatic nitrogens is 2. The van der Waals surface area contributed by atoms with Crippen LogP contribution in [0.3, 0.4) is 0 Å². The van der Waals surface area contributed by atoms with Crippen LogP contribution in [0.25, 0.3) is 10.9 Å². The molecule has 0 aliphatic heterocycles. The number of rotatable bonds is 3. The largest absolute Gasteiger partial charge is 0.395 e. The van der Waals surface area contributed by atoms with Crippen molar-refractivity contribution in [3.05, 3.63) is 28.0 Å². The highest BCUT2D eigenvalue weighted by atomic mass is 79.9. The second-order valence-corrected chi connectivity index (χ2v) is 4.41. The lowest BCUT2D eigenvalue weighted by Crippen LogP contribution is -2.08. The fourth-order valence-electron chi connectivity index (χ4n) is 1.38. The Morgan fingerprint density at radius 3 is 2.94 bits per heavy atom. The van der Waals surface area contributed by atoms with Gasteiger partial charge in [0, 0.05) is 16.4 Å². The minimum atomic E-state index is 0.0413. The molecule has 1 aromatic heterocycles. The van der Waals surface area contributed by atoms with Gasteiger partial charge in [-0.25, -0.2) is 9.97 Å². The van der Waals surface area contributed by atoms with Gasteiger partial charge in [-0.2, -0.15) is 0 Å². The number of hydrogen-bond acceptors (Lipinski definition) is 4. The number of nitrogens with one attached hydrogen (secondary N) is 1. The van der Waals surface area contributed by atoms with Gasteiger partial charge < -0.3 is 10.4 Å². The van der Waals surface area contributed by atoms with Crippen molar-refractivity contribution in [2.75, 3.05) is 18.5 Å². The average Bonchev–Trinajstić information content (AvgIpc) is 2.25. The summed E-state index contributed by atoms with van der Waals surface area (Å²) in [6, 6.07) is 5.67. The third-order valence-electron chi connectivity index (χ3n) is 2.04. The van der Waals surface area contributed by atoms with E-state index in [1.54, 1.807) is 0 Å². The Kier molecular flexibility index (Phi) is 3.58. The molecule has 4 nitrogen and oxygen atoms in total. The van der Waals surface area contributed by atoms with Crippen LogP contribution in [0.5, 0.6) is 0 Å². The third-order valence-corrected chi connectivity index (χ3v) is 2.70. The van der Waals surface area contributed by atoms with Crippen LogP contribution in [0, 0.1) is 0 Å². The highest BCUT2D eigenvalue weighted by Crippen LogP contribution is 2.24. The highest BCUT2D eigenvalue weighted by molar-refractivity contribution is 9.10. The van der Waals surface area contributed by atoms with Gasteiger partial charge in [-0.15, -0.1) is 0 Å². The van der Waals surface area contributed by atoms with Gasteiger partial charge in [0.25, 0.3) is 0 Å². The molecule has 16 heavy (non-hydrogen) atoms. The molecule has 0 fully saturated rings. The van der Waals surface area contributed by atoms with Gasteiger partial charge >= 0.3 is 0 Å². The predicted molar refractivity (Wildman–Crippen MR) is 67.8 cm³/mol. The number of aliphatic hydroxyl groups excluding tert-OH is 1. The van der Waals surface area contributed by atoms with Crippen LogP contribution < -0.4 is 5.32 Å². The van der Waals surface area contributed by atoms with Gasteiger partial charge in [0.05, 0.1) is 12.1 Å². The molecule has 0 bridgehead atoms. The van der Waals surface area contributed by atoms with E-state index in [0.717, 1.165) is 15.4 Å². The maximum Gasteiger partial charge on any atom is 0.224 e. The lowest BCUT2D eigenvalue weighted by Gasteiger charge is -2.07. The summed E-state index contributed by atoms with van der Waals surface area (Å²) in [7, 11) is 0. The summed E-state index contributed by atoms with van der Waals surface area (Å²) < 4.78 is 0.933. The highest BCUT2D eigenvalue weighted by Gasteiger charge is 2.06. The monoisotopic (exact) mass is 301 g/mol. The molecule has 0 aliphatic carbocycles. The SMILES string of the molecule is OCCNc1nc(Cl)nc2cc(Br)ccc12. The van der Waals surface area contributed by atoms with E-state index in [4.69, 9.17) is 16.7 Å². The van der Waals surface area contributed by atoms with E-state index in [1.165, 1.54) is 0 Å². The topological polar surface area (TPSA) is 58.0 Å². The predicted octanol–water partition coefficient (Wildman–Crippen LogP) is 2.45. The molecule has 0 amide bonds. The Morgan fingerprint density at radius 1 is 1.38 bits per heavy atom. The molecular weight excluding hydrogens is 293 g/mol. The minimum Gasteiger partial charge on any atom is -0.395 e. The maximum absolute atomic E-state index is 8.77. The van der Waals surface area contributed by atoms with E-state index in [1.807, 2.05) is 18.2 Å². The van der Waals surface area contributed by atoms with Crippen molar-refractivity contribution in [1.29, 1.82) is 0 Å². The number of aliphatic hydroxyl groups is 1. The van der Waals surface area contributed by atoms with Crippen LogP contribution >= 0.6 is 27.5 Å². The first-order valence-corrected chi connectivity index (χ1v) is 5.85. The molecule has 1 aromatic carbocycles. The fourth-order valence-corrected chi connectivity index (χ4v) is 1.91. The summed E-state index contributed by atoms with van der Waals surface area (Å²) in [6.07, 6.45) is 0. The zero-order valence-corrected chi connectivity index (χ0v) is 10.6. The van der Waals surface area contributed by atoms with Crippen molar-refractivity contribution < 1.29 is 5.11 Å². The summed E-state index contributed by atoms with van der Waals surface area (Å²) in [5, 5.41) is 12.8. The molecule has 2 aromatic rings. The van der Waals surface area contributed by atoms with E-state index in [0.29, 0.717) is 12.4 Å². The van der Waals surface area contributed by atoms with E-state index in [9.17, 15) is 0 Å². The van der Waals surface area contributed by atoms with E-state index < -0.39 is 0 Å². The second-order valence-electron chi connectivity index (χ2n) is 3.15. The lowest BCUT2D eigenvalue weighted by atomic mass is 10.2. The van der Waals surface area contributed by atoms with Crippen molar-refractivity contribution in [3.8, 4) is 0 Å². The summed E-state index contributed by atoms with van der Waals surface area (Å²) in [6.45, 7) is 0.470. The summed E-state index contributed by atoms with van der Waals surface area (Å²) in [5.41, 5.74) is 0.759. The quantitative estimate of drug-likeness (QED) is 0.855. The van der Waals surface area contributed by atoms with Crippen LogP contribution in [0.2, 0.25) is 5.28 Å². The molecule has 0 radical (unpaired) electrons. The van der Waals surface area contributed by atoms with Gasteiger partial charge in [-0.1, -0.05) is 15.9 Å². The van der Waals surface area contributed by atoms with Crippen LogP contribution in [0.15, 0.2) is 22.7 Å². The number of anilines is 1. The minimum absolute atomic E-state index is 0.0413. The smallest absolute Gasteiger partial charge is 0.224 e. The van der Waals surface area contributed by atoms with Crippen molar-refractivity contribution in [1.82, 2.24) is 9.97 Å². The maximum atomic E-state index is 8.77. The third kappa shape index (κ3) is 2.42. The zero-order chi connectivity index (χ0) is 11.5. The number of fused-ring (bicyclic) bond motifs is 1. The second kappa shape index (κ2) is 4.95.